The molecule has 0 amide bonds. The molecule has 0 atom stereocenters. The van der Waals surface area contributed by atoms with Crippen molar-refractivity contribution >= 4 is 21.9 Å². The average molecular weight is 729 g/mol. The molecule has 57 heavy (non-hydrogen) atoms. The molecule has 1 aliphatic carbocycles. The molecule has 3 heteroatoms. The molecule has 1 aliphatic rings. The Morgan fingerprint density at radius 2 is 0.947 bits per heavy atom. The van der Waals surface area contributed by atoms with Crippen LogP contribution in [0.25, 0.3) is 89.2 Å². The summed E-state index contributed by atoms with van der Waals surface area (Å²) in [5.74, 6) is 0.688. The molecular weight excluding hydrogens is 693 g/mol. The van der Waals surface area contributed by atoms with Crippen LogP contribution in [0.15, 0.2) is 205 Å². The van der Waals surface area contributed by atoms with Crippen LogP contribution in [0, 0.1) is 0 Å². The number of aromatic nitrogens is 2. The van der Waals surface area contributed by atoms with Crippen molar-refractivity contribution in [3.8, 4) is 67.3 Å². The highest BCUT2D eigenvalue weighted by Crippen LogP contribution is 2.52. The maximum Gasteiger partial charge on any atom is 0.160 e. The summed E-state index contributed by atoms with van der Waals surface area (Å²) in [7, 11) is 0. The van der Waals surface area contributed by atoms with Crippen molar-refractivity contribution in [3.63, 3.8) is 0 Å². The standard InChI is InChI=1S/C54H36N2O/c1-54(47-26-10-7-22-42(47)43-23-8-11-27-48(43)54)40-20-14-18-37(32-40)36-17-13-19-39(31-36)49-34-50(56-53(55-49)35-15-3-2-4-16-35)44-24-6-5-21-41(44)38-29-30-52-46(33-38)45-25-9-12-28-51(45)57-52/h2-34H,1H3. The van der Waals surface area contributed by atoms with Gasteiger partial charge in [0.1, 0.15) is 11.2 Å². The molecule has 0 saturated heterocycles. The third kappa shape index (κ3) is 5.43. The summed E-state index contributed by atoms with van der Waals surface area (Å²) in [5, 5.41) is 2.21. The summed E-state index contributed by atoms with van der Waals surface area (Å²) in [6, 6.07) is 71.1. The van der Waals surface area contributed by atoms with E-state index in [2.05, 4.69) is 177 Å². The fraction of sp³-hybridized carbons (Fsp3) is 0.0370. The number of para-hydroxylation sites is 1. The van der Waals surface area contributed by atoms with Gasteiger partial charge in [-0.3, -0.25) is 0 Å². The molecule has 0 aliphatic heterocycles. The summed E-state index contributed by atoms with van der Waals surface area (Å²) in [4.78, 5) is 10.5. The van der Waals surface area contributed by atoms with E-state index in [0.717, 1.165) is 66.7 Å². The molecule has 8 aromatic carbocycles. The number of hydrogen-bond acceptors (Lipinski definition) is 3. The first-order valence-corrected chi connectivity index (χ1v) is 19.5. The molecule has 0 N–H and O–H groups in total. The summed E-state index contributed by atoms with van der Waals surface area (Å²) in [6.45, 7) is 2.37. The van der Waals surface area contributed by atoms with Crippen molar-refractivity contribution in [3.05, 3.63) is 217 Å². The first kappa shape index (κ1) is 33.0. The van der Waals surface area contributed by atoms with Crippen molar-refractivity contribution in [2.45, 2.75) is 12.3 Å². The van der Waals surface area contributed by atoms with E-state index in [-0.39, 0.29) is 5.41 Å². The van der Waals surface area contributed by atoms with E-state index in [0.29, 0.717) is 5.82 Å². The Morgan fingerprint density at radius 3 is 1.74 bits per heavy atom. The van der Waals surface area contributed by atoms with Gasteiger partial charge >= 0.3 is 0 Å². The van der Waals surface area contributed by atoms with E-state index in [9.17, 15) is 0 Å². The van der Waals surface area contributed by atoms with Crippen molar-refractivity contribution in [1.29, 1.82) is 0 Å². The molecule has 3 nitrogen and oxygen atoms in total. The minimum atomic E-state index is -0.268. The maximum atomic E-state index is 6.17. The van der Waals surface area contributed by atoms with Gasteiger partial charge in [0.25, 0.3) is 0 Å². The predicted molar refractivity (Wildman–Crippen MR) is 234 cm³/mol. The first-order chi connectivity index (χ1) is 28.1. The van der Waals surface area contributed by atoms with Gasteiger partial charge in [0.2, 0.25) is 0 Å². The SMILES string of the molecule is CC1(c2cccc(-c3cccc(-c4cc(-c5ccccc5-c5ccc6oc7ccccc7c6c5)nc(-c5ccccc5)n4)c3)c2)c2ccccc2-c2ccccc21. The quantitative estimate of drug-likeness (QED) is 0.171. The number of rotatable bonds is 6. The second kappa shape index (κ2) is 13.1. The van der Waals surface area contributed by atoms with E-state index < -0.39 is 0 Å². The monoisotopic (exact) mass is 728 g/mol. The molecule has 268 valence electrons. The molecular formula is C54H36N2O. The molecule has 0 bridgehead atoms. The molecule has 0 saturated carbocycles. The van der Waals surface area contributed by atoms with Crippen LogP contribution >= 0.6 is 0 Å². The van der Waals surface area contributed by atoms with Crippen molar-refractivity contribution in [2.75, 3.05) is 0 Å². The average Bonchev–Trinajstić information content (AvgIpc) is 3.79. The number of benzene rings is 8. The largest absolute Gasteiger partial charge is 0.456 e. The minimum Gasteiger partial charge on any atom is -0.456 e. The van der Waals surface area contributed by atoms with Crippen LogP contribution < -0.4 is 0 Å². The zero-order valence-corrected chi connectivity index (χ0v) is 31.4. The summed E-state index contributed by atoms with van der Waals surface area (Å²) < 4.78 is 6.17. The van der Waals surface area contributed by atoms with Crippen LogP contribution in [0.4, 0.5) is 0 Å². The van der Waals surface area contributed by atoms with E-state index in [4.69, 9.17) is 14.4 Å². The maximum absolute atomic E-state index is 6.17. The highest BCUT2D eigenvalue weighted by molar-refractivity contribution is 6.06. The Balaban J connectivity index is 1.03. The number of furan rings is 1. The molecule has 0 radical (unpaired) electrons. The van der Waals surface area contributed by atoms with Crippen molar-refractivity contribution in [1.82, 2.24) is 9.97 Å². The van der Waals surface area contributed by atoms with Gasteiger partial charge in [-0.05, 0) is 93.4 Å². The Hall–Kier alpha value is -7.36. The lowest BCUT2D eigenvalue weighted by molar-refractivity contribution is 0.669. The summed E-state index contributed by atoms with van der Waals surface area (Å²) in [6.07, 6.45) is 0. The molecule has 0 fully saturated rings. The lowest BCUT2D eigenvalue weighted by Gasteiger charge is -2.28. The van der Waals surface area contributed by atoms with Crippen molar-refractivity contribution in [2.24, 2.45) is 0 Å². The second-order valence-corrected chi connectivity index (χ2v) is 15.1. The lowest BCUT2D eigenvalue weighted by atomic mass is 9.74. The van der Waals surface area contributed by atoms with Crippen LogP contribution in [0.2, 0.25) is 0 Å². The minimum absolute atomic E-state index is 0.268. The van der Waals surface area contributed by atoms with Gasteiger partial charge in [0.15, 0.2) is 5.82 Å². The van der Waals surface area contributed by atoms with Gasteiger partial charge in [-0.2, -0.15) is 0 Å². The Bertz CT molecular complexity index is 3110. The Labute approximate surface area is 331 Å². The van der Waals surface area contributed by atoms with Gasteiger partial charge in [0, 0.05) is 32.9 Å². The molecule has 2 aromatic heterocycles. The van der Waals surface area contributed by atoms with Crippen LogP contribution in [0.5, 0.6) is 0 Å². The van der Waals surface area contributed by atoms with Gasteiger partial charge in [-0.15, -0.1) is 0 Å². The van der Waals surface area contributed by atoms with E-state index in [1.54, 1.807) is 0 Å². The van der Waals surface area contributed by atoms with Crippen LogP contribution in [0.1, 0.15) is 23.6 Å². The zero-order chi connectivity index (χ0) is 37.9. The van der Waals surface area contributed by atoms with E-state index >= 15 is 0 Å². The van der Waals surface area contributed by atoms with E-state index in [1.165, 1.54) is 33.4 Å². The van der Waals surface area contributed by atoms with Crippen LogP contribution in [-0.2, 0) is 5.41 Å². The summed E-state index contributed by atoms with van der Waals surface area (Å²) in [5.41, 5.74) is 17.4. The Kier molecular flexibility index (Phi) is 7.61. The summed E-state index contributed by atoms with van der Waals surface area (Å²) >= 11 is 0. The molecule has 2 heterocycles. The smallest absolute Gasteiger partial charge is 0.160 e. The molecule has 10 aromatic rings. The lowest BCUT2D eigenvalue weighted by Crippen LogP contribution is -2.22. The van der Waals surface area contributed by atoms with Gasteiger partial charge in [-0.25, -0.2) is 9.97 Å². The zero-order valence-electron chi connectivity index (χ0n) is 31.4. The highest BCUT2D eigenvalue weighted by Gasteiger charge is 2.40. The number of hydrogen-bond donors (Lipinski definition) is 0. The topological polar surface area (TPSA) is 38.9 Å². The van der Waals surface area contributed by atoms with E-state index in [1.807, 2.05) is 30.3 Å². The van der Waals surface area contributed by atoms with Crippen molar-refractivity contribution < 1.29 is 4.42 Å². The van der Waals surface area contributed by atoms with Gasteiger partial charge in [0.05, 0.1) is 11.4 Å². The predicted octanol–water partition coefficient (Wildman–Crippen LogP) is 14.0. The fourth-order valence-electron chi connectivity index (χ4n) is 8.93. The molecule has 11 rings (SSSR count). The number of nitrogens with zero attached hydrogens (tertiary/aromatic N) is 2. The van der Waals surface area contributed by atoms with Crippen LogP contribution in [0.3, 0.4) is 0 Å². The first-order valence-electron chi connectivity index (χ1n) is 19.5. The Morgan fingerprint density at radius 1 is 0.368 bits per heavy atom. The van der Waals surface area contributed by atoms with Gasteiger partial charge in [-0.1, -0.05) is 164 Å². The third-order valence-corrected chi connectivity index (χ3v) is 11.8. The second-order valence-electron chi connectivity index (χ2n) is 15.1. The normalized spacial score (nSPS) is 12.8. The van der Waals surface area contributed by atoms with Gasteiger partial charge < -0.3 is 4.42 Å². The third-order valence-electron chi connectivity index (χ3n) is 11.8. The fourth-order valence-corrected chi connectivity index (χ4v) is 8.93. The van der Waals surface area contributed by atoms with Crippen LogP contribution in [-0.4, -0.2) is 9.97 Å². The molecule has 0 spiro atoms. The number of fused-ring (bicyclic) bond motifs is 6. The highest BCUT2D eigenvalue weighted by atomic mass is 16.3. The molecule has 0 unspecified atom stereocenters.